The Kier molecular flexibility index (Phi) is 7.72. The number of aromatic nitrogens is 1. The van der Waals surface area contributed by atoms with E-state index < -0.39 is 0 Å². The number of pyridine rings is 1. The van der Waals surface area contributed by atoms with Gasteiger partial charge in [-0.25, -0.2) is 0 Å². The van der Waals surface area contributed by atoms with Gasteiger partial charge in [-0.1, -0.05) is 71.6 Å². The van der Waals surface area contributed by atoms with Gasteiger partial charge in [-0.3, -0.25) is 9.78 Å². The molecular weight excluding hydrogens is 643 g/mol. The van der Waals surface area contributed by atoms with Crippen LogP contribution in [0.15, 0.2) is 99.5 Å². The number of allylic oxidation sites excluding steroid dienone is 2. The van der Waals surface area contributed by atoms with Gasteiger partial charge in [0.05, 0.1) is 11.3 Å². The van der Waals surface area contributed by atoms with E-state index in [1.54, 1.807) is 0 Å². The summed E-state index contributed by atoms with van der Waals surface area (Å²) in [6, 6.07) is 29.5. The summed E-state index contributed by atoms with van der Waals surface area (Å²) in [5.41, 5.74) is 6.07. The molecule has 6 aromatic rings. The van der Waals surface area contributed by atoms with Gasteiger partial charge in [0.25, 0.3) is 0 Å². The van der Waals surface area contributed by atoms with E-state index in [0.717, 1.165) is 55.5 Å². The van der Waals surface area contributed by atoms with E-state index in [0.29, 0.717) is 5.71 Å². The average Bonchev–Trinajstić information content (AvgIpc) is 3.41. The van der Waals surface area contributed by atoms with Crippen LogP contribution in [0.2, 0.25) is 0 Å². The van der Waals surface area contributed by atoms with Crippen LogP contribution in [0, 0.1) is 13.0 Å². The molecule has 0 aliphatic heterocycles. The molecule has 6 rings (SSSR count). The Morgan fingerprint density at radius 3 is 2.32 bits per heavy atom. The Morgan fingerprint density at radius 2 is 1.62 bits per heavy atom. The minimum atomic E-state index is -0.125. The van der Waals surface area contributed by atoms with Crippen LogP contribution in [-0.2, 0) is 24.9 Å². The van der Waals surface area contributed by atoms with E-state index in [2.05, 4.69) is 37.3 Å². The smallest absolute Gasteiger partial charge is 0.218 e. The van der Waals surface area contributed by atoms with Crippen molar-refractivity contribution in [1.82, 2.24) is 4.98 Å². The molecule has 0 saturated heterocycles. The molecule has 0 aliphatic rings. The van der Waals surface area contributed by atoms with Crippen molar-refractivity contribution in [2.24, 2.45) is 0 Å². The predicted molar refractivity (Wildman–Crippen MR) is 143 cm³/mol. The number of aliphatic hydroxyl groups excluding tert-OH is 1. The SMILES string of the molecule is CC(=O)/C=C(/C)O.Cc1c(-c2ccccc2)oc2nc(-c3[c-]ccc4c3oc3ccccc34)ccc12.[Ir]. The summed E-state index contributed by atoms with van der Waals surface area (Å²) in [6.45, 7) is 4.92. The molecule has 0 bridgehead atoms. The molecule has 1 N–H and O–H groups in total. The third-order valence-corrected chi connectivity index (χ3v) is 5.85. The molecule has 0 unspecified atom stereocenters. The maximum absolute atomic E-state index is 10.0. The van der Waals surface area contributed by atoms with E-state index in [-0.39, 0.29) is 31.6 Å². The molecule has 0 amide bonds. The second-order valence-corrected chi connectivity index (χ2v) is 8.56. The third-order valence-electron chi connectivity index (χ3n) is 5.85. The Morgan fingerprint density at radius 1 is 0.892 bits per heavy atom. The number of aryl methyl sites for hydroxylation is 1. The number of rotatable bonds is 3. The minimum absolute atomic E-state index is 0. The quantitative estimate of drug-likeness (QED) is 0.117. The van der Waals surface area contributed by atoms with Crippen LogP contribution in [-0.4, -0.2) is 15.9 Å². The number of hydrogen-bond donors (Lipinski definition) is 1. The summed E-state index contributed by atoms with van der Waals surface area (Å²) < 4.78 is 12.3. The largest absolute Gasteiger partial charge is 0.512 e. The van der Waals surface area contributed by atoms with Crippen LogP contribution in [0.4, 0.5) is 0 Å². The molecule has 1 radical (unpaired) electrons. The topological polar surface area (TPSA) is 76.5 Å². The number of para-hydroxylation sites is 1. The number of benzene rings is 3. The summed E-state index contributed by atoms with van der Waals surface area (Å²) in [7, 11) is 0. The molecule has 3 heterocycles. The summed E-state index contributed by atoms with van der Waals surface area (Å²) >= 11 is 0. The van der Waals surface area contributed by atoms with Crippen molar-refractivity contribution in [1.29, 1.82) is 0 Å². The Bertz CT molecular complexity index is 1740. The zero-order valence-corrected chi connectivity index (χ0v) is 22.9. The minimum Gasteiger partial charge on any atom is -0.512 e. The average molecular weight is 667 g/mol. The zero-order valence-electron chi connectivity index (χ0n) is 20.5. The number of aliphatic hydroxyl groups is 1. The third kappa shape index (κ3) is 5.26. The molecule has 0 atom stereocenters. The summed E-state index contributed by atoms with van der Waals surface area (Å²) in [5.74, 6) is 0.795. The number of furan rings is 2. The molecule has 3 aromatic heterocycles. The first kappa shape index (κ1) is 26.1. The van der Waals surface area contributed by atoms with Gasteiger partial charge in [-0.15, -0.1) is 18.2 Å². The summed E-state index contributed by atoms with van der Waals surface area (Å²) in [5, 5.41) is 11.5. The zero-order chi connectivity index (χ0) is 25.2. The van der Waals surface area contributed by atoms with Gasteiger partial charge < -0.3 is 13.9 Å². The van der Waals surface area contributed by atoms with E-state index in [1.807, 2.05) is 54.6 Å². The van der Waals surface area contributed by atoms with Gasteiger partial charge in [0.1, 0.15) is 11.3 Å². The predicted octanol–water partition coefficient (Wildman–Crippen LogP) is 8.20. The molecular formula is C31H24IrNO4-. The first-order chi connectivity index (χ1) is 17.4. The van der Waals surface area contributed by atoms with E-state index in [9.17, 15) is 4.79 Å². The fraction of sp³-hybridized carbons (Fsp3) is 0.0968. The molecule has 0 saturated carbocycles. The number of carbonyl (C=O) groups is 1. The van der Waals surface area contributed by atoms with Gasteiger partial charge in [0.15, 0.2) is 5.78 Å². The van der Waals surface area contributed by atoms with Crippen LogP contribution >= 0.6 is 0 Å². The molecule has 0 fully saturated rings. The molecule has 6 heteroatoms. The van der Waals surface area contributed by atoms with Gasteiger partial charge >= 0.3 is 0 Å². The van der Waals surface area contributed by atoms with Gasteiger partial charge in [0.2, 0.25) is 5.71 Å². The maximum Gasteiger partial charge on any atom is 0.218 e. The molecule has 187 valence electrons. The first-order valence-electron chi connectivity index (χ1n) is 11.6. The Labute approximate surface area is 227 Å². The molecule has 3 aromatic carbocycles. The van der Waals surface area contributed by atoms with Crippen LogP contribution < -0.4 is 0 Å². The number of carbonyl (C=O) groups excluding carboxylic acids is 1. The van der Waals surface area contributed by atoms with Crippen molar-refractivity contribution < 1.29 is 38.8 Å². The standard InChI is InChI=1S/C26H16NO2.C5H8O2.Ir/c1-16-18-14-15-22(27-26(18)29-24(16)17-8-3-2-4-9-17)21-12-7-11-20-19-10-5-6-13-23(19)28-25(20)21;1-4(6)3-5(2)7;/h2-11,13-15H,1H3;3,6H,1-2H3;/q-1;;/b;4-3-;. The first-order valence-corrected chi connectivity index (χ1v) is 11.6. The van der Waals surface area contributed by atoms with Crippen molar-refractivity contribution in [3.8, 4) is 22.6 Å². The number of fused-ring (bicyclic) bond motifs is 4. The van der Waals surface area contributed by atoms with E-state index in [1.165, 1.54) is 19.9 Å². The number of hydrogen-bond acceptors (Lipinski definition) is 5. The van der Waals surface area contributed by atoms with Crippen molar-refractivity contribution in [2.75, 3.05) is 0 Å². The Balaban J connectivity index is 0.000000356. The van der Waals surface area contributed by atoms with Gasteiger partial charge in [0, 0.05) is 48.1 Å². The van der Waals surface area contributed by atoms with Crippen LogP contribution in [0.3, 0.4) is 0 Å². The summed E-state index contributed by atoms with van der Waals surface area (Å²) in [4.78, 5) is 14.8. The van der Waals surface area contributed by atoms with Crippen molar-refractivity contribution in [3.63, 3.8) is 0 Å². The van der Waals surface area contributed by atoms with Crippen LogP contribution in [0.5, 0.6) is 0 Å². The second kappa shape index (κ2) is 11.0. The van der Waals surface area contributed by atoms with Gasteiger partial charge in [-0.2, -0.15) is 0 Å². The van der Waals surface area contributed by atoms with Crippen molar-refractivity contribution in [3.05, 3.63) is 102 Å². The summed E-state index contributed by atoms with van der Waals surface area (Å²) in [6.07, 6.45) is 1.17. The van der Waals surface area contributed by atoms with Crippen LogP contribution in [0.25, 0.3) is 55.6 Å². The Hall–Kier alpha value is -3.99. The fourth-order valence-corrected chi connectivity index (χ4v) is 4.28. The number of ketones is 1. The molecule has 0 spiro atoms. The normalized spacial score (nSPS) is 11.3. The maximum atomic E-state index is 10.0. The fourth-order valence-electron chi connectivity index (χ4n) is 4.28. The molecule has 37 heavy (non-hydrogen) atoms. The molecule has 0 aliphatic carbocycles. The molecule has 5 nitrogen and oxygen atoms in total. The van der Waals surface area contributed by atoms with Crippen LogP contribution in [0.1, 0.15) is 19.4 Å². The van der Waals surface area contributed by atoms with Gasteiger partial charge in [-0.05, 0) is 32.5 Å². The van der Waals surface area contributed by atoms with Crippen molar-refractivity contribution in [2.45, 2.75) is 20.8 Å². The van der Waals surface area contributed by atoms with E-state index in [4.69, 9.17) is 18.9 Å². The van der Waals surface area contributed by atoms with E-state index >= 15 is 0 Å². The van der Waals surface area contributed by atoms with Crippen molar-refractivity contribution >= 4 is 38.8 Å². The monoisotopic (exact) mass is 667 g/mol. The number of nitrogens with zero attached hydrogens (tertiary/aromatic N) is 1. The second-order valence-electron chi connectivity index (χ2n) is 8.56.